The summed E-state index contributed by atoms with van der Waals surface area (Å²) in [4.78, 5) is 11.7. The van der Waals surface area contributed by atoms with Crippen LogP contribution >= 0.6 is 0 Å². The number of benzene rings is 1. The lowest BCUT2D eigenvalue weighted by molar-refractivity contribution is -0.144. The van der Waals surface area contributed by atoms with Gasteiger partial charge < -0.3 is 19.5 Å². The molecule has 22 heavy (non-hydrogen) atoms. The predicted molar refractivity (Wildman–Crippen MR) is 84.3 cm³/mol. The van der Waals surface area contributed by atoms with E-state index in [1.165, 1.54) is 0 Å². The largest absolute Gasteiger partial charge is 0.493 e. The number of ether oxygens (including phenoxy) is 3. The van der Waals surface area contributed by atoms with Gasteiger partial charge >= 0.3 is 5.97 Å². The summed E-state index contributed by atoms with van der Waals surface area (Å²) in [6.07, 6.45) is 2.43. The first-order valence-corrected chi connectivity index (χ1v) is 7.78. The lowest BCUT2D eigenvalue weighted by atomic mass is 9.86. The second kappa shape index (κ2) is 8.03. The summed E-state index contributed by atoms with van der Waals surface area (Å²) in [5, 5.41) is 3.51. The van der Waals surface area contributed by atoms with Crippen molar-refractivity contribution in [2.75, 3.05) is 27.4 Å². The highest BCUT2D eigenvalue weighted by atomic mass is 16.5. The molecular weight excluding hydrogens is 282 g/mol. The van der Waals surface area contributed by atoms with Crippen molar-refractivity contribution < 1.29 is 19.0 Å². The molecule has 1 fully saturated rings. The van der Waals surface area contributed by atoms with Crippen LogP contribution in [-0.4, -0.2) is 33.3 Å². The number of hydrogen-bond donors (Lipinski definition) is 1. The molecule has 0 bridgehead atoms. The maximum Gasteiger partial charge on any atom is 0.306 e. The van der Waals surface area contributed by atoms with Crippen molar-refractivity contribution in [3.05, 3.63) is 23.8 Å². The van der Waals surface area contributed by atoms with Gasteiger partial charge in [-0.15, -0.1) is 0 Å². The van der Waals surface area contributed by atoms with Gasteiger partial charge in [0, 0.05) is 12.5 Å². The van der Waals surface area contributed by atoms with E-state index in [2.05, 4.69) is 5.32 Å². The Balaban J connectivity index is 2.04. The van der Waals surface area contributed by atoms with Gasteiger partial charge in [-0.25, -0.2) is 0 Å². The number of rotatable bonds is 6. The van der Waals surface area contributed by atoms with Gasteiger partial charge in [-0.1, -0.05) is 6.07 Å². The van der Waals surface area contributed by atoms with Gasteiger partial charge in [-0.05, 0) is 49.9 Å². The van der Waals surface area contributed by atoms with Crippen molar-refractivity contribution in [1.82, 2.24) is 5.32 Å². The quantitative estimate of drug-likeness (QED) is 0.819. The van der Waals surface area contributed by atoms with E-state index in [4.69, 9.17) is 14.2 Å². The summed E-state index contributed by atoms with van der Waals surface area (Å²) in [5.41, 5.74) is 1.16. The Morgan fingerprint density at radius 1 is 1.27 bits per heavy atom. The SMILES string of the molecule is CCOC(=O)C[C@@H]1CCN[C@H](c2ccc(OC)c(OC)c2)C1. The Hall–Kier alpha value is -1.75. The fraction of sp³-hybridized carbons (Fsp3) is 0.588. The third-order valence-electron chi connectivity index (χ3n) is 4.08. The number of hydrogen-bond acceptors (Lipinski definition) is 5. The Morgan fingerprint density at radius 2 is 2.05 bits per heavy atom. The smallest absolute Gasteiger partial charge is 0.306 e. The summed E-state index contributed by atoms with van der Waals surface area (Å²) < 4.78 is 15.7. The Labute approximate surface area is 131 Å². The summed E-state index contributed by atoms with van der Waals surface area (Å²) in [7, 11) is 3.27. The molecular formula is C17H25NO4. The molecule has 1 aromatic carbocycles. The van der Waals surface area contributed by atoms with Crippen molar-refractivity contribution in [2.24, 2.45) is 5.92 Å². The van der Waals surface area contributed by atoms with Gasteiger partial charge in [0.05, 0.1) is 20.8 Å². The van der Waals surface area contributed by atoms with Gasteiger partial charge in [-0.3, -0.25) is 4.79 Å². The number of methoxy groups -OCH3 is 2. The zero-order valence-corrected chi connectivity index (χ0v) is 13.6. The van der Waals surface area contributed by atoms with Gasteiger partial charge in [0.1, 0.15) is 0 Å². The number of piperidine rings is 1. The number of nitrogens with one attached hydrogen (secondary N) is 1. The molecule has 1 N–H and O–H groups in total. The molecule has 122 valence electrons. The van der Waals surface area contributed by atoms with Gasteiger partial charge in [0.25, 0.3) is 0 Å². The molecule has 5 nitrogen and oxygen atoms in total. The van der Waals surface area contributed by atoms with Crippen LogP contribution < -0.4 is 14.8 Å². The lowest BCUT2D eigenvalue weighted by Crippen LogP contribution is -2.32. The van der Waals surface area contributed by atoms with E-state index < -0.39 is 0 Å². The average Bonchev–Trinajstić information content (AvgIpc) is 2.54. The zero-order chi connectivity index (χ0) is 15.9. The molecule has 1 aliphatic heterocycles. The Morgan fingerprint density at radius 3 is 2.73 bits per heavy atom. The van der Waals surface area contributed by atoms with Crippen LogP contribution in [0.25, 0.3) is 0 Å². The van der Waals surface area contributed by atoms with Crippen LogP contribution in [0.5, 0.6) is 11.5 Å². The van der Waals surface area contributed by atoms with Crippen LogP contribution in [0, 0.1) is 5.92 Å². The van der Waals surface area contributed by atoms with Crippen molar-refractivity contribution in [1.29, 1.82) is 0 Å². The van der Waals surface area contributed by atoms with Crippen molar-refractivity contribution >= 4 is 5.97 Å². The van der Waals surface area contributed by atoms with Crippen LogP contribution in [0.2, 0.25) is 0 Å². The molecule has 0 aromatic heterocycles. The highest BCUT2D eigenvalue weighted by Crippen LogP contribution is 2.34. The van der Waals surface area contributed by atoms with E-state index in [1.807, 2.05) is 25.1 Å². The first kappa shape index (κ1) is 16.6. The minimum Gasteiger partial charge on any atom is -0.493 e. The average molecular weight is 307 g/mol. The molecule has 0 radical (unpaired) electrons. The summed E-state index contributed by atoms with van der Waals surface area (Å²) in [5.74, 6) is 1.72. The first-order chi connectivity index (χ1) is 10.7. The van der Waals surface area contributed by atoms with Gasteiger partial charge in [0.15, 0.2) is 11.5 Å². The molecule has 2 rings (SSSR count). The Kier molecular flexibility index (Phi) is 6.07. The normalized spacial score (nSPS) is 21.2. The molecule has 1 aliphatic rings. The predicted octanol–water partition coefficient (Wildman–Crippen LogP) is 2.70. The second-order valence-electron chi connectivity index (χ2n) is 5.52. The minimum absolute atomic E-state index is 0.0968. The summed E-state index contributed by atoms with van der Waals surface area (Å²) >= 11 is 0. The number of carbonyl (C=O) groups excluding carboxylic acids is 1. The molecule has 0 saturated carbocycles. The van der Waals surface area contributed by atoms with E-state index in [-0.39, 0.29) is 12.0 Å². The topological polar surface area (TPSA) is 56.8 Å². The van der Waals surface area contributed by atoms with Gasteiger partial charge in [0.2, 0.25) is 0 Å². The number of esters is 1. The molecule has 1 heterocycles. The highest BCUT2D eigenvalue weighted by molar-refractivity contribution is 5.69. The van der Waals surface area contributed by atoms with Crippen molar-refractivity contribution in [3.8, 4) is 11.5 Å². The van der Waals surface area contributed by atoms with Crippen LogP contribution in [-0.2, 0) is 9.53 Å². The minimum atomic E-state index is -0.0968. The van der Waals surface area contributed by atoms with Crippen molar-refractivity contribution in [2.45, 2.75) is 32.2 Å². The lowest BCUT2D eigenvalue weighted by Gasteiger charge is -2.30. The fourth-order valence-corrected chi connectivity index (χ4v) is 2.96. The molecule has 0 unspecified atom stereocenters. The van der Waals surface area contributed by atoms with Crippen LogP contribution in [0.1, 0.15) is 37.8 Å². The van der Waals surface area contributed by atoms with Crippen LogP contribution in [0.4, 0.5) is 0 Å². The first-order valence-electron chi connectivity index (χ1n) is 7.78. The third kappa shape index (κ3) is 4.13. The maximum absolute atomic E-state index is 11.7. The summed E-state index contributed by atoms with van der Waals surface area (Å²) in [6, 6.07) is 6.20. The van der Waals surface area contributed by atoms with E-state index in [9.17, 15) is 4.79 Å². The standard InChI is InChI=1S/C17H25NO4/c1-4-22-17(19)10-12-7-8-18-14(9-12)13-5-6-15(20-2)16(11-13)21-3/h5-6,11-12,14,18H,4,7-10H2,1-3H3/t12-,14+/m1/s1. The molecule has 0 amide bonds. The molecule has 1 aromatic rings. The molecule has 5 heteroatoms. The second-order valence-corrected chi connectivity index (χ2v) is 5.52. The third-order valence-corrected chi connectivity index (χ3v) is 4.08. The molecule has 0 aliphatic carbocycles. The zero-order valence-electron chi connectivity index (χ0n) is 13.6. The number of carbonyl (C=O) groups is 1. The summed E-state index contributed by atoms with van der Waals surface area (Å²) in [6.45, 7) is 3.19. The van der Waals surface area contributed by atoms with Crippen LogP contribution in [0.15, 0.2) is 18.2 Å². The van der Waals surface area contributed by atoms with E-state index in [0.717, 1.165) is 36.4 Å². The highest BCUT2D eigenvalue weighted by Gasteiger charge is 2.25. The molecule has 0 spiro atoms. The monoisotopic (exact) mass is 307 g/mol. The fourth-order valence-electron chi connectivity index (χ4n) is 2.96. The molecule has 2 atom stereocenters. The van der Waals surface area contributed by atoms with E-state index in [0.29, 0.717) is 18.9 Å². The van der Waals surface area contributed by atoms with E-state index >= 15 is 0 Å². The van der Waals surface area contributed by atoms with Crippen molar-refractivity contribution in [3.63, 3.8) is 0 Å². The van der Waals surface area contributed by atoms with Gasteiger partial charge in [-0.2, -0.15) is 0 Å². The molecule has 1 saturated heterocycles. The van der Waals surface area contributed by atoms with E-state index in [1.54, 1.807) is 14.2 Å². The maximum atomic E-state index is 11.7. The van der Waals surface area contributed by atoms with Crippen LogP contribution in [0.3, 0.4) is 0 Å². The Bertz CT molecular complexity index is 503.